The maximum atomic E-state index is 11.1. The molecule has 1 aromatic heterocycles. The fourth-order valence-corrected chi connectivity index (χ4v) is 1.63. The second kappa shape index (κ2) is 5.40. The molecular weight excluding hydrogens is 218 g/mol. The lowest BCUT2D eigenvalue weighted by atomic mass is 10.5. The van der Waals surface area contributed by atoms with Gasteiger partial charge in [-0.3, -0.25) is 9.59 Å². The Bertz CT molecular complexity index is 364. The van der Waals surface area contributed by atoms with Crippen molar-refractivity contribution in [1.82, 2.24) is 10.2 Å². The minimum atomic E-state index is -0.344. The Morgan fingerprint density at radius 2 is 2.20 bits per heavy atom. The summed E-state index contributed by atoms with van der Waals surface area (Å²) in [6.45, 7) is 3.46. The number of amides is 1. The molecule has 82 valence electrons. The van der Waals surface area contributed by atoms with Gasteiger partial charge >= 0.3 is 5.97 Å². The van der Waals surface area contributed by atoms with Crippen LogP contribution < -0.4 is 5.32 Å². The van der Waals surface area contributed by atoms with Crippen LogP contribution >= 0.6 is 11.3 Å². The van der Waals surface area contributed by atoms with Gasteiger partial charge in [0.15, 0.2) is 0 Å². The summed E-state index contributed by atoms with van der Waals surface area (Å²) in [6.07, 6.45) is 0.0884. The van der Waals surface area contributed by atoms with Crippen LogP contribution in [0.5, 0.6) is 0 Å². The van der Waals surface area contributed by atoms with E-state index < -0.39 is 0 Å². The summed E-state index contributed by atoms with van der Waals surface area (Å²) in [5, 5.41) is 10.8. The number of rotatable bonds is 4. The number of hydrogen-bond donors (Lipinski definition) is 1. The molecule has 0 saturated heterocycles. The maximum Gasteiger partial charge on any atom is 0.312 e. The molecule has 0 atom stereocenters. The minimum absolute atomic E-state index is 0.0884. The Hall–Kier alpha value is -1.50. The third-order valence-electron chi connectivity index (χ3n) is 1.35. The number of aromatic nitrogens is 2. The van der Waals surface area contributed by atoms with Crippen molar-refractivity contribution in [3.05, 3.63) is 5.01 Å². The normalized spacial score (nSPS) is 9.73. The summed E-state index contributed by atoms with van der Waals surface area (Å²) in [6, 6.07) is 0. The number of carbonyl (C=O) groups is 2. The largest absolute Gasteiger partial charge is 0.466 e. The SMILES string of the molecule is CCOC(=O)Cc1nnc(NC(C)=O)s1. The Morgan fingerprint density at radius 3 is 2.80 bits per heavy atom. The Labute approximate surface area is 90.7 Å². The molecule has 1 aromatic rings. The summed E-state index contributed by atoms with van der Waals surface area (Å²) in [4.78, 5) is 21.8. The highest BCUT2D eigenvalue weighted by Gasteiger charge is 2.10. The number of hydrogen-bond acceptors (Lipinski definition) is 6. The molecule has 0 spiro atoms. The van der Waals surface area contributed by atoms with Crippen LogP contribution in [0, 0.1) is 0 Å². The van der Waals surface area contributed by atoms with Crippen LogP contribution in [0.1, 0.15) is 18.9 Å². The Morgan fingerprint density at radius 1 is 1.47 bits per heavy atom. The molecule has 0 saturated carbocycles. The second-order valence-electron chi connectivity index (χ2n) is 2.66. The van der Waals surface area contributed by atoms with E-state index in [1.54, 1.807) is 6.92 Å². The van der Waals surface area contributed by atoms with Gasteiger partial charge in [0.2, 0.25) is 11.0 Å². The highest BCUT2D eigenvalue weighted by molar-refractivity contribution is 7.15. The van der Waals surface area contributed by atoms with E-state index in [0.717, 1.165) is 11.3 Å². The van der Waals surface area contributed by atoms with Crippen molar-refractivity contribution in [1.29, 1.82) is 0 Å². The fraction of sp³-hybridized carbons (Fsp3) is 0.500. The highest BCUT2D eigenvalue weighted by atomic mass is 32.1. The minimum Gasteiger partial charge on any atom is -0.466 e. The van der Waals surface area contributed by atoms with Crippen molar-refractivity contribution >= 4 is 28.3 Å². The zero-order valence-corrected chi connectivity index (χ0v) is 9.26. The van der Waals surface area contributed by atoms with Gasteiger partial charge in [0.05, 0.1) is 13.0 Å². The molecule has 0 aliphatic rings. The van der Waals surface area contributed by atoms with E-state index in [1.165, 1.54) is 6.92 Å². The first-order valence-corrected chi connectivity index (χ1v) is 5.19. The van der Waals surface area contributed by atoms with Crippen molar-refractivity contribution in [2.45, 2.75) is 20.3 Å². The predicted molar refractivity (Wildman–Crippen MR) is 54.5 cm³/mol. The van der Waals surface area contributed by atoms with Gasteiger partial charge in [-0.1, -0.05) is 11.3 Å². The zero-order valence-electron chi connectivity index (χ0n) is 8.44. The first-order chi connectivity index (χ1) is 7.11. The van der Waals surface area contributed by atoms with E-state index in [4.69, 9.17) is 4.74 Å². The molecule has 1 rings (SSSR count). The number of anilines is 1. The third kappa shape index (κ3) is 4.03. The van der Waals surface area contributed by atoms with Crippen LogP contribution in [-0.4, -0.2) is 28.7 Å². The third-order valence-corrected chi connectivity index (χ3v) is 2.19. The van der Waals surface area contributed by atoms with Crippen LogP contribution in [0.2, 0.25) is 0 Å². The van der Waals surface area contributed by atoms with Gasteiger partial charge in [0, 0.05) is 6.92 Å². The fourth-order valence-electron chi connectivity index (χ4n) is 0.862. The van der Waals surface area contributed by atoms with Gasteiger partial charge in [-0.05, 0) is 6.92 Å². The van der Waals surface area contributed by atoms with Crippen molar-refractivity contribution in [2.75, 3.05) is 11.9 Å². The number of ether oxygens (including phenoxy) is 1. The summed E-state index contributed by atoms with van der Waals surface area (Å²) < 4.78 is 4.75. The molecule has 0 aliphatic heterocycles. The average Bonchev–Trinajstić information content (AvgIpc) is 2.51. The lowest BCUT2D eigenvalue weighted by molar-refractivity contribution is -0.142. The van der Waals surface area contributed by atoms with E-state index in [2.05, 4.69) is 15.5 Å². The van der Waals surface area contributed by atoms with Gasteiger partial charge in [-0.25, -0.2) is 0 Å². The van der Waals surface area contributed by atoms with Gasteiger partial charge in [-0.15, -0.1) is 10.2 Å². The van der Waals surface area contributed by atoms with E-state index in [-0.39, 0.29) is 18.3 Å². The highest BCUT2D eigenvalue weighted by Crippen LogP contribution is 2.15. The van der Waals surface area contributed by atoms with Crippen molar-refractivity contribution < 1.29 is 14.3 Å². The number of carbonyl (C=O) groups excluding carboxylic acids is 2. The molecule has 1 amide bonds. The number of esters is 1. The van der Waals surface area contributed by atoms with E-state index in [1.807, 2.05) is 0 Å². The Balaban J connectivity index is 2.52. The molecule has 1 heterocycles. The van der Waals surface area contributed by atoms with Crippen LogP contribution in [0.15, 0.2) is 0 Å². The second-order valence-corrected chi connectivity index (χ2v) is 3.73. The van der Waals surface area contributed by atoms with E-state index in [0.29, 0.717) is 16.7 Å². The molecule has 0 aliphatic carbocycles. The van der Waals surface area contributed by atoms with Crippen molar-refractivity contribution in [3.63, 3.8) is 0 Å². The molecule has 7 heteroatoms. The van der Waals surface area contributed by atoms with Crippen molar-refractivity contribution in [3.8, 4) is 0 Å². The lowest BCUT2D eigenvalue weighted by Crippen LogP contribution is -2.07. The molecule has 0 fully saturated rings. The molecule has 0 radical (unpaired) electrons. The first-order valence-electron chi connectivity index (χ1n) is 4.37. The van der Waals surface area contributed by atoms with Gasteiger partial charge in [0.25, 0.3) is 0 Å². The summed E-state index contributed by atoms with van der Waals surface area (Å²) in [5.41, 5.74) is 0. The van der Waals surface area contributed by atoms with Crippen LogP contribution in [0.4, 0.5) is 5.13 Å². The summed E-state index contributed by atoms with van der Waals surface area (Å²) in [5.74, 6) is -0.558. The lowest BCUT2D eigenvalue weighted by Gasteiger charge is -1.96. The smallest absolute Gasteiger partial charge is 0.312 e. The van der Waals surface area contributed by atoms with Crippen molar-refractivity contribution in [2.24, 2.45) is 0 Å². The standard InChI is InChI=1S/C8H11N3O3S/c1-3-14-7(13)4-6-10-11-8(15-6)9-5(2)12/h3-4H2,1-2H3,(H,9,11,12). The van der Waals surface area contributed by atoms with Gasteiger partial charge < -0.3 is 10.1 Å². The van der Waals surface area contributed by atoms with E-state index >= 15 is 0 Å². The summed E-state index contributed by atoms with van der Waals surface area (Å²) >= 11 is 1.16. The topological polar surface area (TPSA) is 81.2 Å². The van der Waals surface area contributed by atoms with Gasteiger partial charge in [0.1, 0.15) is 5.01 Å². The molecule has 0 bridgehead atoms. The maximum absolute atomic E-state index is 11.1. The zero-order chi connectivity index (χ0) is 11.3. The molecule has 6 nitrogen and oxygen atoms in total. The monoisotopic (exact) mass is 229 g/mol. The number of nitrogens with zero attached hydrogens (tertiary/aromatic N) is 2. The molecule has 0 unspecified atom stereocenters. The van der Waals surface area contributed by atoms with Crippen LogP contribution in [0.25, 0.3) is 0 Å². The van der Waals surface area contributed by atoms with Crippen LogP contribution in [-0.2, 0) is 20.7 Å². The first kappa shape index (κ1) is 11.6. The van der Waals surface area contributed by atoms with E-state index in [9.17, 15) is 9.59 Å². The summed E-state index contributed by atoms with van der Waals surface area (Å²) in [7, 11) is 0. The Kier molecular flexibility index (Phi) is 4.17. The average molecular weight is 229 g/mol. The molecule has 1 N–H and O–H groups in total. The molecule has 15 heavy (non-hydrogen) atoms. The number of nitrogens with one attached hydrogen (secondary N) is 1. The van der Waals surface area contributed by atoms with Crippen LogP contribution in [0.3, 0.4) is 0 Å². The molecular formula is C8H11N3O3S. The predicted octanol–water partition coefficient (Wildman–Crippen LogP) is 0.602. The quantitative estimate of drug-likeness (QED) is 0.765. The van der Waals surface area contributed by atoms with Gasteiger partial charge in [-0.2, -0.15) is 0 Å². The molecule has 0 aromatic carbocycles.